The number of benzene rings is 7. The lowest BCUT2D eigenvalue weighted by Gasteiger charge is -2.11. The second-order valence-electron chi connectivity index (χ2n) is 12.0. The Balaban J connectivity index is 1.20. The molecule has 0 aliphatic rings. The smallest absolute Gasteiger partial charge is 0.165 e. The molecule has 0 unspecified atom stereocenters. The van der Waals surface area contributed by atoms with Crippen molar-refractivity contribution < 1.29 is 4.42 Å². The van der Waals surface area contributed by atoms with Gasteiger partial charge in [0.25, 0.3) is 0 Å². The molecule has 7 aromatic carbocycles. The quantitative estimate of drug-likeness (QED) is 0.194. The van der Waals surface area contributed by atoms with Crippen molar-refractivity contribution in [3.05, 3.63) is 152 Å². The summed E-state index contributed by atoms with van der Waals surface area (Å²) in [5, 5.41) is 6.95. The van der Waals surface area contributed by atoms with E-state index in [4.69, 9.17) is 19.4 Å². The molecule has 5 heteroatoms. The molecule has 0 N–H and O–H groups in total. The lowest BCUT2D eigenvalue weighted by atomic mass is 9.97. The molecule has 0 atom stereocenters. The van der Waals surface area contributed by atoms with Gasteiger partial charge >= 0.3 is 0 Å². The molecule has 10 aromatic rings. The van der Waals surface area contributed by atoms with E-state index in [9.17, 15) is 0 Å². The molecule has 0 bridgehead atoms. The van der Waals surface area contributed by atoms with Crippen LogP contribution in [0.1, 0.15) is 0 Å². The van der Waals surface area contributed by atoms with E-state index in [-0.39, 0.29) is 0 Å². The number of thiophene rings is 1. The average Bonchev–Trinajstić information content (AvgIpc) is 3.73. The van der Waals surface area contributed by atoms with Crippen molar-refractivity contribution in [1.29, 1.82) is 0 Å². The van der Waals surface area contributed by atoms with Gasteiger partial charge in [-0.15, -0.1) is 11.3 Å². The van der Waals surface area contributed by atoms with E-state index >= 15 is 0 Å². The lowest BCUT2D eigenvalue weighted by Crippen LogP contribution is -2.00. The van der Waals surface area contributed by atoms with Crippen LogP contribution in [0, 0.1) is 0 Å². The minimum atomic E-state index is 0.614. The second kappa shape index (κ2) is 10.7. The van der Waals surface area contributed by atoms with Crippen molar-refractivity contribution in [2.45, 2.75) is 0 Å². The average molecular weight is 632 g/mol. The molecule has 0 radical (unpaired) electrons. The van der Waals surface area contributed by atoms with Crippen molar-refractivity contribution in [2.24, 2.45) is 0 Å². The SMILES string of the molecule is c1ccc2c(-c3ccc(-c4nc(-c5cccc6c5sc5ccccc56)nc(-c5cccc6oc7ccccc7c56)n4)cc3)cccc2c1. The molecule has 3 heterocycles. The number of rotatable bonds is 4. The summed E-state index contributed by atoms with van der Waals surface area (Å²) in [5.41, 5.74) is 6.84. The highest BCUT2D eigenvalue weighted by Gasteiger charge is 2.19. The number of furan rings is 1. The maximum absolute atomic E-state index is 6.25. The van der Waals surface area contributed by atoms with Crippen LogP contribution in [-0.4, -0.2) is 15.0 Å². The third kappa shape index (κ3) is 4.25. The summed E-state index contributed by atoms with van der Waals surface area (Å²) in [4.78, 5) is 15.5. The van der Waals surface area contributed by atoms with Crippen LogP contribution in [-0.2, 0) is 0 Å². The number of para-hydroxylation sites is 1. The Morgan fingerprint density at radius 1 is 0.396 bits per heavy atom. The van der Waals surface area contributed by atoms with Gasteiger partial charge in [0.05, 0.1) is 0 Å². The fourth-order valence-electron chi connectivity index (χ4n) is 6.91. The Morgan fingerprint density at radius 2 is 0.979 bits per heavy atom. The van der Waals surface area contributed by atoms with Gasteiger partial charge in [0, 0.05) is 47.6 Å². The second-order valence-corrected chi connectivity index (χ2v) is 13.0. The standard InChI is InChI=1S/C43H25N3OS/c1-2-12-29-26(10-1)11-7-15-30(29)27-22-24-28(25-23-27)41-44-42(34-17-9-20-37-39(34)33-14-3-5-19-36(33)47-37)46-43(45-41)35-18-8-16-32-31-13-4-6-21-38(31)48-40(32)35/h1-25H. The van der Waals surface area contributed by atoms with Gasteiger partial charge in [-0.25, -0.2) is 15.0 Å². The predicted octanol–water partition coefficient (Wildman–Crippen LogP) is 12.0. The number of hydrogen-bond acceptors (Lipinski definition) is 5. The van der Waals surface area contributed by atoms with E-state index in [0.717, 1.165) is 44.2 Å². The highest BCUT2D eigenvalue weighted by Crippen LogP contribution is 2.41. The summed E-state index contributed by atoms with van der Waals surface area (Å²) in [7, 11) is 0. The van der Waals surface area contributed by atoms with E-state index in [1.54, 1.807) is 11.3 Å². The molecular weight excluding hydrogens is 607 g/mol. The van der Waals surface area contributed by atoms with Crippen molar-refractivity contribution in [2.75, 3.05) is 0 Å². The Hall–Kier alpha value is -6.17. The number of nitrogens with zero attached hydrogens (tertiary/aromatic N) is 3. The van der Waals surface area contributed by atoms with Crippen LogP contribution in [0.25, 0.3) is 98.2 Å². The van der Waals surface area contributed by atoms with Crippen LogP contribution in [0.4, 0.5) is 0 Å². The molecule has 0 aliphatic carbocycles. The zero-order valence-corrected chi connectivity index (χ0v) is 26.4. The Morgan fingerprint density at radius 3 is 1.88 bits per heavy atom. The van der Waals surface area contributed by atoms with E-state index in [1.165, 1.54) is 36.5 Å². The molecule has 0 fully saturated rings. The summed E-state index contributed by atoms with van der Waals surface area (Å²) < 4.78 is 8.66. The Kier molecular flexibility index (Phi) is 6.01. The summed E-state index contributed by atoms with van der Waals surface area (Å²) >= 11 is 1.78. The number of fused-ring (bicyclic) bond motifs is 7. The third-order valence-electron chi connectivity index (χ3n) is 9.17. The molecule has 48 heavy (non-hydrogen) atoms. The van der Waals surface area contributed by atoms with Gasteiger partial charge in [0.1, 0.15) is 11.2 Å². The lowest BCUT2D eigenvalue weighted by molar-refractivity contribution is 0.669. The van der Waals surface area contributed by atoms with Crippen molar-refractivity contribution >= 4 is 64.2 Å². The Bertz CT molecular complexity index is 2840. The van der Waals surface area contributed by atoms with Gasteiger partial charge in [-0.2, -0.15) is 0 Å². The monoisotopic (exact) mass is 631 g/mol. The summed E-state index contributed by atoms with van der Waals surface area (Å²) in [6, 6.07) is 52.7. The zero-order chi connectivity index (χ0) is 31.6. The molecule has 10 rings (SSSR count). The fraction of sp³-hybridized carbons (Fsp3) is 0. The number of hydrogen-bond donors (Lipinski definition) is 0. The van der Waals surface area contributed by atoms with Crippen LogP contribution >= 0.6 is 11.3 Å². The van der Waals surface area contributed by atoms with Gasteiger partial charge in [-0.1, -0.05) is 127 Å². The van der Waals surface area contributed by atoms with Gasteiger partial charge in [0.15, 0.2) is 17.5 Å². The van der Waals surface area contributed by atoms with E-state index in [2.05, 4.69) is 121 Å². The first-order valence-electron chi connectivity index (χ1n) is 15.9. The summed E-state index contributed by atoms with van der Waals surface area (Å²) in [6.07, 6.45) is 0. The number of aromatic nitrogens is 3. The van der Waals surface area contributed by atoms with Crippen LogP contribution < -0.4 is 0 Å². The predicted molar refractivity (Wildman–Crippen MR) is 199 cm³/mol. The minimum Gasteiger partial charge on any atom is -0.456 e. The van der Waals surface area contributed by atoms with Gasteiger partial charge in [-0.3, -0.25) is 0 Å². The summed E-state index contributed by atoms with van der Waals surface area (Å²) in [6.45, 7) is 0. The molecule has 4 nitrogen and oxygen atoms in total. The Labute approximate surface area is 279 Å². The van der Waals surface area contributed by atoms with Crippen molar-refractivity contribution in [3.8, 4) is 45.3 Å². The molecule has 0 spiro atoms. The van der Waals surface area contributed by atoms with Gasteiger partial charge in [0.2, 0.25) is 0 Å². The minimum absolute atomic E-state index is 0.614. The van der Waals surface area contributed by atoms with Crippen LogP contribution in [0.2, 0.25) is 0 Å². The van der Waals surface area contributed by atoms with Crippen molar-refractivity contribution in [1.82, 2.24) is 15.0 Å². The van der Waals surface area contributed by atoms with Gasteiger partial charge < -0.3 is 4.42 Å². The van der Waals surface area contributed by atoms with Crippen molar-refractivity contribution in [3.63, 3.8) is 0 Å². The van der Waals surface area contributed by atoms with Gasteiger partial charge in [-0.05, 0) is 46.2 Å². The first kappa shape index (κ1) is 27.0. The molecule has 0 aliphatic heterocycles. The maximum atomic E-state index is 6.25. The maximum Gasteiger partial charge on any atom is 0.165 e. The van der Waals surface area contributed by atoms with E-state index < -0.39 is 0 Å². The topological polar surface area (TPSA) is 51.8 Å². The zero-order valence-electron chi connectivity index (χ0n) is 25.6. The largest absolute Gasteiger partial charge is 0.456 e. The fourth-order valence-corrected chi connectivity index (χ4v) is 8.12. The first-order chi connectivity index (χ1) is 23.8. The first-order valence-corrected chi connectivity index (χ1v) is 16.8. The van der Waals surface area contributed by atoms with E-state index in [0.29, 0.717) is 17.5 Å². The highest BCUT2D eigenvalue weighted by molar-refractivity contribution is 7.26. The molecule has 0 saturated heterocycles. The molecule has 0 amide bonds. The molecule has 3 aromatic heterocycles. The van der Waals surface area contributed by atoms with Crippen LogP contribution in [0.5, 0.6) is 0 Å². The normalized spacial score (nSPS) is 11.8. The third-order valence-corrected chi connectivity index (χ3v) is 10.4. The molecular formula is C43H25N3OS. The van der Waals surface area contributed by atoms with Crippen LogP contribution in [0.15, 0.2) is 156 Å². The molecule has 224 valence electrons. The molecule has 0 saturated carbocycles. The van der Waals surface area contributed by atoms with E-state index in [1.807, 2.05) is 30.3 Å². The highest BCUT2D eigenvalue weighted by atomic mass is 32.1. The van der Waals surface area contributed by atoms with Crippen LogP contribution in [0.3, 0.4) is 0 Å². The summed E-state index contributed by atoms with van der Waals surface area (Å²) in [5.74, 6) is 1.89.